The number of ether oxygens (including phenoxy) is 2. The number of amides is 3. The van der Waals surface area contributed by atoms with Crippen molar-refractivity contribution < 1.29 is 42.2 Å². The average molecular weight is 941 g/mol. The topological polar surface area (TPSA) is 196 Å². The van der Waals surface area contributed by atoms with Crippen molar-refractivity contribution >= 4 is 44.8 Å². The Morgan fingerprint density at radius 3 is 2.54 bits per heavy atom. The summed E-state index contributed by atoms with van der Waals surface area (Å²) < 4.78 is 42.6. The van der Waals surface area contributed by atoms with Gasteiger partial charge in [-0.3, -0.25) is 29.2 Å². The third-order valence-corrected chi connectivity index (χ3v) is 15.5. The molecule has 4 aliphatic heterocycles. The predicted octanol–water partition coefficient (Wildman–Crippen LogP) is 4.26. The molecule has 0 radical (unpaired) electrons. The molecule has 4 atom stereocenters. The van der Waals surface area contributed by atoms with Gasteiger partial charge in [-0.15, -0.1) is 0 Å². The smallest absolute Gasteiger partial charge is 0.324 e. The highest BCUT2D eigenvalue weighted by Gasteiger charge is 2.44. The molecule has 1 unspecified atom stereocenters. The number of hydrazine groups is 1. The SMILES string of the molecule is CCn1c(-c2cnccc2COC)c2c3cc(ccc31)-c1cc(O)cc(c1)C[C@H](NC(=O)C(C(C)C)N(C)C(=O)[C@H]1CCN(S(=O)(=O)N3CC3)C1)C(=O)N1CCC[C@H](N1)C(=O)OCC(C)(C)C2. The van der Waals surface area contributed by atoms with Crippen LogP contribution in [0.2, 0.25) is 0 Å². The third-order valence-electron chi connectivity index (χ3n) is 13.5. The van der Waals surface area contributed by atoms with E-state index >= 15 is 0 Å². The van der Waals surface area contributed by atoms with E-state index in [9.17, 15) is 32.7 Å². The minimum absolute atomic E-state index is 0.0246. The Kier molecular flexibility index (Phi) is 13.8. The molecule has 8 rings (SSSR count). The normalized spacial score (nSPS) is 22.1. The molecule has 3 amide bonds. The molecular formula is C49H64N8O9S. The van der Waals surface area contributed by atoms with E-state index < -0.39 is 63.4 Å². The molecule has 67 heavy (non-hydrogen) atoms. The largest absolute Gasteiger partial charge is 0.508 e. The van der Waals surface area contributed by atoms with Crippen LogP contribution in [-0.4, -0.2) is 137 Å². The maximum absolute atomic E-state index is 14.7. The highest BCUT2D eigenvalue weighted by atomic mass is 32.2. The maximum Gasteiger partial charge on any atom is 0.324 e. The lowest BCUT2D eigenvalue weighted by Gasteiger charge is -2.37. The number of likely N-dealkylation sites (N-methyl/N-ethyl adjacent to an activating group) is 1. The van der Waals surface area contributed by atoms with Crippen molar-refractivity contribution in [3.63, 3.8) is 0 Å². The van der Waals surface area contributed by atoms with Gasteiger partial charge in [-0.05, 0) is 96.7 Å². The number of pyridine rings is 1. The van der Waals surface area contributed by atoms with Crippen LogP contribution in [0.1, 0.15) is 70.6 Å². The molecule has 2 aromatic carbocycles. The van der Waals surface area contributed by atoms with Crippen molar-refractivity contribution in [1.82, 2.24) is 38.8 Å². The lowest BCUT2D eigenvalue weighted by Crippen LogP contribution is -2.62. The van der Waals surface area contributed by atoms with Crippen LogP contribution in [0.4, 0.5) is 0 Å². The number of aryl methyl sites for hydroxylation is 1. The number of hydrogen-bond donors (Lipinski definition) is 3. The fourth-order valence-electron chi connectivity index (χ4n) is 10.1. The van der Waals surface area contributed by atoms with E-state index in [1.54, 1.807) is 32.5 Å². The lowest BCUT2D eigenvalue weighted by molar-refractivity contribution is -0.155. The molecule has 3 fully saturated rings. The minimum atomic E-state index is -3.63. The summed E-state index contributed by atoms with van der Waals surface area (Å²) in [4.78, 5) is 63.1. The second-order valence-corrected chi connectivity index (χ2v) is 21.5. The van der Waals surface area contributed by atoms with Crippen LogP contribution in [0.25, 0.3) is 33.3 Å². The lowest BCUT2D eigenvalue weighted by atomic mass is 9.84. The maximum atomic E-state index is 14.7. The fraction of sp³-hybridized carbons (Fsp3) is 0.531. The number of nitrogens with one attached hydrogen (secondary N) is 2. The number of nitrogens with zero attached hydrogens (tertiary/aromatic N) is 6. The quantitative estimate of drug-likeness (QED) is 0.144. The van der Waals surface area contributed by atoms with Crippen molar-refractivity contribution in [2.24, 2.45) is 17.3 Å². The Morgan fingerprint density at radius 1 is 1.04 bits per heavy atom. The Labute approximate surface area is 392 Å². The minimum Gasteiger partial charge on any atom is -0.508 e. The monoisotopic (exact) mass is 940 g/mol. The zero-order valence-corrected chi connectivity index (χ0v) is 40.4. The van der Waals surface area contributed by atoms with E-state index in [0.717, 1.165) is 38.9 Å². The summed E-state index contributed by atoms with van der Waals surface area (Å²) in [6.45, 7) is 12.4. The van der Waals surface area contributed by atoms with E-state index in [-0.39, 0.29) is 44.3 Å². The van der Waals surface area contributed by atoms with Crippen LogP contribution in [0.15, 0.2) is 54.9 Å². The molecule has 3 saturated heterocycles. The van der Waals surface area contributed by atoms with E-state index in [4.69, 9.17) is 9.47 Å². The number of carbonyl (C=O) groups is 4. The number of hydrogen-bond acceptors (Lipinski definition) is 11. The number of cyclic esters (lactones) is 1. The van der Waals surface area contributed by atoms with Crippen molar-refractivity contribution in [2.45, 2.75) is 98.0 Å². The number of methoxy groups -OCH3 is 1. The number of phenols is 1. The number of esters is 1. The van der Waals surface area contributed by atoms with Crippen LogP contribution in [0.3, 0.4) is 0 Å². The van der Waals surface area contributed by atoms with Gasteiger partial charge in [0.15, 0.2) is 0 Å². The van der Waals surface area contributed by atoms with Crippen LogP contribution in [0, 0.1) is 17.3 Å². The molecule has 0 saturated carbocycles. The highest BCUT2D eigenvalue weighted by Crippen LogP contribution is 2.41. The van der Waals surface area contributed by atoms with E-state index in [0.29, 0.717) is 63.1 Å². The zero-order chi connectivity index (χ0) is 47.9. The van der Waals surface area contributed by atoms with Crippen LogP contribution in [0.5, 0.6) is 5.75 Å². The van der Waals surface area contributed by atoms with Crippen LogP contribution >= 0.6 is 0 Å². The van der Waals surface area contributed by atoms with E-state index in [2.05, 4.69) is 53.2 Å². The molecule has 0 aliphatic carbocycles. The van der Waals surface area contributed by atoms with Crippen molar-refractivity contribution in [3.8, 4) is 28.1 Å². The van der Waals surface area contributed by atoms with Crippen molar-refractivity contribution in [1.29, 1.82) is 0 Å². The van der Waals surface area contributed by atoms with Crippen LogP contribution in [-0.2, 0) is 64.9 Å². The summed E-state index contributed by atoms with van der Waals surface area (Å²) in [5, 5.41) is 16.7. The van der Waals surface area contributed by atoms with Crippen LogP contribution < -0.4 is 10.7 Å². The molecule has 6 heterocycles. The molecule has 6 bridgehead atoms. The van der Waals surface area contributed by atoms with Gasteiger partial charge in [0.25, 0.3) is 16.1 Å². The molecule has 0 spiro atoms. The molecular weight excluding hydrogens is 877 g/mol. The molecule has 4 aliphatic rings. The van der Waals surface area contributed by atoms with Gasteiger partial charge in [0.05, 0.1) is 24.8 Å². The van der Waals surface area contributed by atoms with Crippen molar-refractivity contribution in [2.75, 3.05) is 53.5 Å². The summed E-state index contributed by atoms with van der Waals surface area (Å²) in [5.74, 6) is -2.96. The first-order valence-electron chi connectivity index (χ1n) is 23.4. The molecule has 360 valence electrons. The number of benzene rings is 2. The molecule has 2 aromatic heterocycles. The second-order valence-electron chi connectivity index (χ2n) is 19.6. The highest BCUT2D eigenvalue weighted by molar-refractivity contribution is 7.87. The Morgan fingerprint density at radius 2 is 1.82 bits per heavy atom. The van der Waals surface area contributed by atoms with Gasteiger partial charge in [-0.2, -0.15) is 17.0 Å². The first kappa shape index (κ1) is 48.1. The Balaban J connectivity index is 1.17. The van der Waals surface area contributed by atoms with E-state index in [1.807, 2.05) is 38.2 Å². The summed E-state index contributed by atoms with van der Waals surface area (Å²) in [7, 11) is -0.419. The van der Waals surface area contributed by atoms with E-state index in [1.165, 1.54) is 18.5 Å². The van der Waals surface area contributed by atoms with Crippen molar-refractivity contribution in [3.05, 3.63) is 71.5 Å². The Bertz CT molecular complexity index is 2660. The standard InChI is InChI=1S/C49H64N8O9S/c1-8-56-42-12-11-32-24-37(42)38(44(56)39-26-50-15-13-34(39)28-65-7)25-49(4,5)29-66-48(62)40-10-9-16-57(52-40)47(61)41(22-31-20-35(32)23-36(58)21-31)51-45(59)43(30(2)3)53(6)46(60)33-14-17-55(27-33)67(63,64)54-18-19-54/h11-13,15,20-21,23-24,26,30,33,40-41,43,52,58H,8-10,14,16-19,22,25,27-29H2,1-7H3,(H,51,59)/t33-,40-,41-,43?/m0/s1. The van der Waals surface area contributed by atoms with Gasteiger partial charge in [0.1, 0.15) is 23.9 Å². The number of rotatable bonds is 11. The zero-order valence-electron chi connectivity index (χ0n) is 39.6. The summed E-state index contributed by atoms with van der Waals surface area (Å²) in [6, 6.07) is 10.3. The predicted molar refractivity (Wildman–Crippen MR) is 252 cm³/mol. The summed E-state index contributed by atoms with van der Waals surface area (Å²) >= 11 is 0. The average Bonchev–Trinajstić information content (AvgIpc) is 3.97. The number of phenolic OH excluding ortho intramolecular Hbond substituents is 1. The second kappa shape index (κ2) is 19.3. The number of aromatic nitrogens is 2. The van der Waals surface area contributed by atoms with Gasteiger partial charge >= 0.3 is 5.97 Å². The van der Waals surface area contributed by atoms with Gasteiger partial charge in [0, 0.05) is 94.1 Å². The van der Waals surface area contributed by atoms with Gasteiger partial charge in [-0.25, -0.2) is 5.43 Å². The molecule has 3 N–H and O–H groups in total. The summed E-state index contributed by atoms with van der Waals surface area (Å²) in [6.07, 6.45) is 5.38. The first-order valence-corrected chi connectivity index (χ1v) is 24.8. The first-order chi connectivity index (χ1) is 31.9. The van der Waals surface area contributed by atoms with Gasteiger partial charge in [-0.1, -0.05) is 39.8 Å². The number of carbonyl (C=O) groups excluding carboxylic acids is 4. The fourth-order valence-corrected chi connectivity index (χ4v) is 11.7. The number of aromatic hydroxyl groups is 1. The van der Waals surface area contributed by atoms with Gasteiger partial charge in [0.2, 0.25) is 11.8 Å². The molecule has 17 nitrogen and oxygen atoms in total. The number of fused-ring (bicyclic) bond motifs is 6. The van der Waals surface area contributed by atoms with Gasteiger partial charge < -0.3 is 29.4 Å². The Hall–Kier alpha value is -5.40. The third kappa shape index (κ3) is 9.95. The molecule has 18 heteroatoms. The molecule has 4 aromatic rings. The summed E-state index contributed by atoms with van der Waals surface area (Å²) in [5.41, 5.74) is 9.63.